The SMILES string of the molecule is CC(Cl)c1nc2ccc(Cl)cc2n1CCOC(N)=O. The molecule has 0 fully saturated rings. The van der Waals surface area contributed by atoms with Gasteiger partial charge in [-0.25, -0.2) is 9.78 Å². The molecule has 1 aromatic carbocycles. The van der Waals surface area contributed by atoms with E-state index in [0.717, 1.165) is 11.0 Å². The summed E-state index contributed by atoms with van der Waals surface area (Å²) in [6, 6.07) is 5.40. The number of aromatic nitrogens is 2. The summed E-state index contributed by atoms with van der Waals surface area (Å²) >= 11 is 12.1. The molecule has 0 aliphatic rings. The molecule has 0 radical (unpaired) electrons. The van der Waals surface area contributed by atoms with Crippen LogP contribution < -0.4 is 5.73 Å². The van der Waals surface area contributed by atoms with E-state index in [9.17, 15) is 4.79 Å². The van der Waals surface area contributed by atoms with Gasteiger partial charge in [0.05, 0.1) is 23.0 Å². The van der Waals surface area contributed by atoms with Gasteiger partial charge in [0.15, 0.2) is 0 Å². The van der Waals surface area contributed by atoms with Crippen LogP contribution in [0, 0.1) is 0 Å². The first-order valence-electron chi connectivity index (χ1n) is 5.71. The van der Waals surface area contributed by atoms with Crippen molar-refractivity contribution in [3.8, 4) is 0 Å². The summed E-state index contributed by atoms with van der Waals surface area (Å²) in [6.45, 7) is 2.41. The number of alkyl halides is 1. The number of rotatable bonds is 4. The van der Waals surface area contributed by atoms with Gasteiger partial charge in [-0.05, 0) is 25.1 Å². The van der Waals surface area contributed by atoms with Crippen LogP contribution >= 0.6 is 23.2 Å². The van der Waals surface area contributed by atoms with Crippen LogP contribution in [0.4, 0.5) is 4.79 Å². The molecule has 1 unspecified atom stereocenters. The minimum absolute atomic E-state index is 0.157. The molecule has 1 heterocycles. The number of hydrogen-bond acceptors (Lipinski definition) is 3. The molecule has 0 aliphatic carbocycles. The Labute approximate surface area is 120 Å². The molecular formula is C12H13Cl2N3O2. The molecule has 2 aromatic rings. The molecule has 19 heavy (non-hydrogen) atoms. The van der Waals surface area contributed by atoms with Crippen LogP contribution in [0.3, 0.4) is 0 Å². The topological polar surface area (TPSA) is 70.1 Å². The van der Waals surface area contributed by atoms with Crippen molar-refractivity contribution in [2.75, 3.05) is 6.61 Å². The van der Waals surface area contributed by atoms with Crippen LogP contribution in [0.1, 0.15) is 18.1 Å². The Morgan fingerprint density at radius 2 is 2.32 bits per heavy atom. The highest BCUT2D eigenvalue weighted by Crippen LogP contribution is 2.26. The van der Waals surface area contributed by atoms with Gasteiger partial charge in [0.1, 0.15) is 12.4 Å². The summed E-state index contributed by atoms with van der Waals surface area (Å²) in [5.41, 5.74) is 6.58. The van der Waals surface area contributed by atoms with E-state index in [4.69, 9.17) is 33.7 Å². The largest absolute Gasteiger partial charge is 0.448 e. The maximum Gasteiger partial charge on any atom is 0.404 e. The summed E-state index contributed by atoms with van der Waals surface area (Å²) in [5, 5.41) is 0.345. The van der Waals surface area contributed by atoms with Crippen molar-refractivity contribution in [3.63, 3.8) is 0 Å². The number of nitrogens with two attached hydrogens (primary N) is 1. The minimum atomic E-state index is -0.803. The number of hydrogen-bond donors (Lipinski definition) is 1. The minimum Gasteiger partial charge on any atom is -0.448 e. The normalized spacial score (nSPS) is 12.6. The van der Waals surface area contributed by atoms with Gasteiger partial charge in [-0.1, -0.05) is 11.6 Å². The third-order valence-corrected chi connectivity index (χ3v) is 3.09. The molecule has 0 aliphatic heterocycles. The molecule has 1 atom stereocenters. The number of fused-ring (bicyclic) bond motifs is 1. The average Bonchev–Trinajstić information content (AvgIpc) is 2.67. The highest BCUT2D eigenvalue weighted by atomic mass is 35.5. The van der Waals surface area contributed by atoms with Crippen LogP contribution in [0.2, 0.25) is 5.02 Å². The molecule has 2 N–H and O–H groups in total. The smallest absolute Gasteiger partial charge is 0.404 e. The Balaban J connectivity index is 2.39. The van der Waals surface area contributed by atoms with Crippen molar-refractivity contribution in [2.45, 2.75) is 18.8 Å². The summed E-state index contributed by atoms with van der Waals surface area (Å²) in [6.07, 6.45) is -0.803. The quantitative estimate of drug-likeness (QED) is 0.882. The first kappa shape index (κ1) is 14.0. The lowest BCUT2D eigenvalue weighted by atomic mass is 10.3. The van der Waals surface area contributed by atoms with Crippen LogP contribution in [0.15, 0.2) is 18.2 Å². The van der Waals surface area contributed by atoms with Gasteiger partial charge in [-0.15, -0.1) is 11.6 Å². The predicted molar refractivity (Wildman–Crippen MR) is 74.5 cm³/mol. The van der Waals surface area contributed by atoms with Gasteiger partial charge >= 0.3 is 6.09 Å². The van der Waals surface area contributed by atoms with Crippen molar-refractivity contribution >= 4 is 40.3 Å². The molecule has 7 heteroatoms. The van der Waals surface area contributed by atoms with Crippen LogP contribution in [-0.4, -0.2) is 22.3 Å². The predicted octanol–water partition coefficient (Wildman–Crippen LogP) is 3.08. The molecule has 1 aromatic heterocycles. The van der Waals surface area contributed by atoms with E-state index < -0.39 is 6.09 Å². The van der Waals surface area contributed by atoms with E-state index in [-0.39, 0.29) is 12.0 Å². The van der Waals surface area contributed by atoms with E-state index in [1.807, 2.05) is 17.6 Å². The zero-order chi connectivity index (χ0) is 14.0. The molecule has 0 saturated carbocycles. The van der Waals surface area contributed by atoms with Crippen LogP contribution in [0.5, 0.6) is 0 Å². The number of halogens is 2. The van der Waals surface area contributed by atoms with Crippen molar-refractivity contribution in [2.24, 2.45) is 5.73 Å². The Hall–Kier alpha value is -1.46. The number of carbonyl (C=O) groups is 1. The second-order valence-electron chi connectivity index (χ2n) is 4.04. The summed E-state index contributed by atoms with van der Waals surface area (Å²) in [4.78, 5) is 15.0. The number of nitrogens with zero attached hydrogens (tertiary/aromatic N) is 2. The van der Waals surface area contributed by atoms with Crippen molar-refractivity contribution < 1.29 is 9.53 Å². The highest BCUT2D eigenvalue weighted by molar-refractivity contribution is 6.31. The highest BCUT2D eigenvalue weighted by Gasteiger charge is 2.15. The number of primary amides is 1. The van der Waals surface area contributed by atoms with Crippen molar-refractivity contribution in [1.29, 1.82) is 0 Å². The average molecular weight is 302 g/mol. The Kier molecular flexibility index (Phi) is 4.17. The van der Waals surface area contributed by atoms with E-state index >= 15 is 0 Å². The summed E-state index contributed by atoms with van der Waals surface area (Å²) in [5.74, 6) is 0.701. The summed E-state index contributed by atoms with van der Waals surface area (Å²) < 4.78 is 6.62. The zero-order valence-corrected chi connectivity index (χ0v) is 11.8. The van der Waals surface area contributed by atoms with Gasteiger partial charge in [0.25, 0.3) is 0 Å². The maximum atomic E-state index is 10.6. The number of ether oxygens (including phenoxy) is 1. The van der Waals surface area contributed by atoms with Crippen LogP contribution in [0.25, 0.3) is 11.0 Å². The van der Waals surface area contributed by atoms with Crippen LogP contribution in [-0.2, 0) is 11.3 Å². The Morgan fingerprint density at radius 1 is 1.58 bits per heavy atom. The molecular weight excluding hydrogens is 289 g/mol. The third kappa shape index (κ3) is 3.11. The third-order valence-electron chi connectivity index (χ3n) is 2.65. The number of benzene rings is 1. The van der Waals surface area contributed by atoms with E-state index in [1.54, 1.807) is 12.1 Å². The lowest BCUT2D eigenvalue weighted by Gasteiger charge is -2.10. The molecule has 5 nitrogen and oxygen atoms in total. The molecule has 0 spiro atoms. The molecule has 1 amide bonds. The Morgan fingerprint density at radius 3 is 2.95 bits per heavy atom. The van der Waals surface area contributed by atoms with Crippen molar-refractivity contribution in [3.05, 3.63) is 29.0 Å². The molecule has 102 valence electrons. The van der Waals surface area contributed by atoms with Gasteiger partial charge in [0.2, 0.25) is 0 Å². The van der Waals surface area contributed by atoms with E-state index in [0.29, 0.717) is 17.4 Å². The molecule has 0 saturated heterocycles. The second kappa shape index (κ2) is 5.67. The fraction of sp³-hybridized carbons (Fsp3) is 0.333. The fourth-order valence-electron chi connectivity index (χ4n) is 1.89. The van der Waals surface area contributed by atoms with E-state index in [2.05, 4.69) is 4.98 Å². The van der Waals surface area contributed by atoms with E-state index in [1.165, 1.54) is 0 Å². The maximum absolute atomic E-state index is 10.6. The van der Waals surface area contributed by atoms with Gasteiger partial charge in [-0.3, -0.25) is 0 Å². The second-order valence-corrected chi connectivity index (χ2v) is 5.13. The lowest BCUT2D eigenvalue weighted by Crippen LogP contribution is -2.17. The lowest BCUT2D eigenvalue weighted by molar-refractivity contribution is 0.152. The monoisotopic (exact) mass is 301 g/mol. The fourth-order valence-corrected chi connectivity index (χ4v) is 2.22. The first-order valence-corrected chi connectivity index (χ1v) is 6.52. The van der Waals surface area contributed by atoms with Gasteiger partial charge in [-0.2, -0.15) is 0 Å². The van der Waals surface area contributed by atoms with Crippen molar-refractivity contribution in [1.82, 2.24) is 9.55 Å². The van der Waals surface area contributed by atoms with Gasteiger partial charge in [0, 0.05) is 5.02 Å². The Bertz CT molecular complexity index is 610. The number of imidazole rings is 1. The zero-order valence-electron chi connectivity index (χ0n) is 10.3. The molecule has 0 bridgehead atoms. The van der Waals surface area contributed by atoms with Gasteiger partial charge < -0.3 is 15.0 Å². The standard InChI is InChI=1S/C12H13Cl2N3O2/c1-7(13)11-16-9-3-2-8(14)6-10(9)17(11)4-5-19-12(15)18/h2-3,6-7H,4-5H2,1H3,(H2,15,18). The number of carbonyl (C=O) groups excluding carboxylic acids is 1. The molecule has 2 rings (SSSR count). The first-order chi connectivity index (χ1) is 8.99. The summed E-state index contributed by atoms with van der Waals surface area (Å²) in [7, 11) is 0. The number of amides is 1.